The maximum Gasteiger partial charge on any atom is 0.0650 e. The Hall–Kier alpha value is -0.160. The standard InChI is InChI=1S/C10H25N3O/c1-6-7-14-8-9(12-11)10(2,3)13(4)5/h9,12H,6-8,11H2,1-5H3. The molecule has 0 spiro atoms. The van der Waals surface area contributed by atoms with Crippen LogP contribution < -0.4 is 11.3 Å². The largest absolute Gasteiger partial charge is 0.380 e. The molecule has 4 heteroatoms. The van der Waals surface area contributed by atoms with Crippen LogP contribution in [-0.4, -0.2) is 43.8 Å². The lowest BCUT2D eigenvalue weighted by Gasteiger charge is -2.39. The molecule has 0 heterocycles. The first-order valence-electron chi connectivity index (χ1n) is 5.18. The molecule has 1 unspecified atom stereocenters. The molecule has 0 rings (SSSR count). The van der Waals surface area contributed by atoms with Gasteiger partial charge in [0.05, 0.1) is 12.6 Å². The first-order chi connectivity index (χ1) is 6.46. The van der Waals surface area contributed by atoms with E-state index in [9.17, 15) is 0 Å². The number of hydrogen-bond acceptors (Lipinski definition) is 4. The molecule has 0 radical (unpaired) electrons. The summed E-state index contributed by atoms with van der Waals surface area (Å²) in [6.07, 6.45) is 1.04. The summed E-state index contributed by atoms with van der Waals surface area (Å²) in [6, 6.07) is 0.143. The summed E-state index contributed by atoms with van der Waals surface area (Å²) in [5.74, 6) is 5.52. The van der Waals surface area contributed by atoms with Gasteiger partial charge in [0.2, 0.25) is 0 Å². The number of nitrogens with two attached hydrogens (primary N) is 1. The lowest BCUT2D eigenvalue weighted by Crippen LogP contribution is -2.59. The van der Waals surface area contributed by atoms with Gasteiger partial charge in [0.15, 0.2) is 0 Å². The highest BCUT2D eigenvalue weighted by Gasteiger charge is 2.30. The van der Waals surface area contributed by atoms with Crippen molar-refractivity contribution in [1.29, 1.82) is 0 Å². The molecule has 0 aliphatic rings. The number of likely N-dealkylation sites (N-methyl/N-ethyl adjacent to an activating group) is 1. The molecule has 14 heavy (non-hydrogen) atoms. The average Bonchev–Trinajstić information content (AvgIpc) is 2.12. The van der Waals surface area contributed by atoms with Gasteiger partial charge in [-0.2, -0.15) is 0 Å². The van der Waals surface area contributed by atoms with Gasteiger partial charge < -0.3 is 9.64 Å². The monoisotopic (exact) mass is 203 g/mol. The molecule has 0 aromatic heterocycles. The molecule has 0 fully saturated rings. The van der Waals surface area contributed by atoms with E-state index in [0.717, 1.165) is 13.0 Å². The third-order valence-electron chi connectivity index (χ3n) is 2.84. The van der Waals surface area contributed by atoms with Crippen LogP contribution >= 0.6 is 0 Å². The Morgan fingerprint density at radius 1 is 1.43 bits per heavy atom. The smallest absolute Gasteiger partial charge is 0.0650 e. The third kappa shape index (κ3) is 3.92. The second-order valence-corrected chi connectivity index (χ2v) is 4.34. The van der Waals surface area contributed by atoms with Gasteiger partial charge in [0.1, 0.15) is 0 Å². The van der Waals surface area contributed by atoms with Crippen LogP contribution in [0.1, 0.15) is 27.2 Å². The van der Waals surface area contributed by atoms with E-state index < -0.39 is 0 Å². The molecular weight excluding hydrogens is 178 g/mol. The van der Waals surface area contributed by atoms with E-state index >= 15 is 0 Å². The molecule has 0 saturated heterocycles. The van der Waals surface area contributed by atoms with Gasteiger partial charge >= 0.3 is 0 Å². The fraction of sp³-hybridized carbons (Fsp3) is 1.00. The van der Waals surface area contributed by atoms with E-state index in [-0.39, 0.29) is 11.6 Å². The third-order valence-corrected chi connectivity index (χ3v) is 2.84. The zero-order valence-corrected chi connectivity index (χ0v) is 10.1. The van der Waals surface area contributed by atoms with E-state index in [0.29, 0.717) is 6.61 Å². The summed E-state index contributed by atoms with van der Waals surface area (Å²) in [6.45, 7) is 7.83. The molecule has 4 nitrogen and oxygen atoms in total. The Labute approximate surface area is 87.8 Å². The number of rotatable bonds is 7. The maximum atomic E-state index is 5.52. The molecular formula is C10H25N3O. The minimum atomic E-state index is -0.0114. The van der Waals surface area contributed by atoms with Crippen molar-refractivity contribution in [2.75, 3.05) is 27.3 Å². The Bertz CT molecular complexity index is 148. The van der Waals surface area contributed by atoms with Crippen molar-refractivity contribution in [1.82, 2.24) is 10.3 Å². The number of ether oxygens (including phenoxy) is 1. The highest BCUT2D eigenvalue weighted by Crippen LogP contribution is 2.15. The summed E-state index contributed by atoms with van der Waals surface area (Å²) < 4.78 is 5.50. The van der Waals surface area contributed by atoms with Crippen molar-refractivity contribution in [3.05, 3.63) is 0 Å². The van der Waals surface area contributed by atoms with E-state index in [1.54, 1.807) is 0 Å². The summed E-state index contributed by atoms with van der Waals surface area (Å²) >= 11 is 0. The predicted octanol–water partition coefficient (Wildman–Crippen LogP) is 0.585. The van der Waals surface area contributed by atoms with E-state index in [1.807, 2.05) is 14.1 Å². The predicted molar refractivity (Wildman–Crippen MR) is 60.0 cm³/mol. The SMILES string of the molecule is CCCOCC(NN)C(C)(C)N(C)C. The van der Waals surface area contributed by atoms with Crippen LogP contribution in [0.4, 0.5) is 0 Å². The fourth-order valence-electron chi connectivity index (χ4n) is 1.11. The summed E-state index contributed by atoms with van der Waals surface area (Å²) in [4.78, 5) is 2.15. The van der Waals surface area contributed by atoms with E-state index in [1.165, 1.54) is 0 Å². The zero-order chi connectivity index (χ0) is 11.2. The van der Waals surface area contributed by atoms with Gasteiger partial charge in [-0.25, -0.2) is 0 Å². The Morgan fingerprint density at radius 2 is 2.00 bits per heavy atom. The first kappa shape index (κ1) is 13.8. The molecule has 86 valence electrons. The Balaban J connectivity index is 4.11. The minimum absolute atomic E-state index is 0.0114. The van der Waals surface area contributed by atoms with Crippen LogP contribution in [-0.2, 0) is 4.74 Å². The van der Waals surface area contributed by atoms with Crippen molar-refractivity contribution in [2.45, 2.75) is 38.8 Å². The number of hydrazine groups is 1. The van der Waals surface area contributed by atoms with Crippen LogP contribution in [0.3, 0.4) is 0 Å². The van der Waals surface area contributed by atoms with Crippen molar-refractivity contribution in [2.24, 2.45) is 5.84 Å². The van der Waals surface area contributed by atoms with Gasteiger partial charge in [-0.05, 0) is 34.4 Å². The molecule has 0 bridgehead atoms. The highest BCUT2D eigenvalue weighted by molar-refractivity contribution is 4.89. The number of hydrogen-bond donors (Lipinski definition) is 2. The van der Waals surface area contributed by atoms with Crippen LogP contribution in [0.25, 0.3) is 0 Å². The second kappa shape index (κ2) is 6.35. The summed E-state index contributed by atoms with van der Waals surface area (Å²) in [5.41, 5.74) is 2.80. The molecule has 0 amide bonds. The topological polar surface area (TPSA) is 50.5 Å². The van der Waals surface area contributed by atoms with Crippen LogP contribution in [0.2, 0.25) is 0 Å². The molecule has 0 aromatic rings. The minimum Gasteiger partial charge on any atom is -0.380 e. The highest BCUT2D eigenvalue weighted by atomic mass is 16.5. The number of nitrogens with one attached hydrogen (secondary N) is 1. The van der Waals surface area contributed by atoms with Crippen molar-refractivity contribution < 1.29 is 4.74 Å². The maximum absolute atomic E-state index is 5.52. The van der Waals surface area contributed by atoms with Gasteiger partial charge in [-0.1, -0.05) is 6.92 Å². The van der Waals surface area contributed by atoms with Gasteiger partial charge in [-0.15, -0.1) is 0 Å². The fourth-order valence-corrected chi connectivity index (χ4v) is 1.11. The van der Waals surface area contributed by atoms with Gasteiger partial charge in [-0.3, -0.25) is 11.3 Å². The quantitative estimate of drug-likeness (QED) is 0.361. The molecule has 1 atom stereocenters. The van der Waals surface area contributed by atoms with Gasteiger partial charge in [0.25, 0.3) is 0 Å². The molecule has 0 aromatic carbocycles. The second-order valence-electron chi connectivity index (χ2n) is 4.34. The average molecular weight is 203 g/mol. The van der Waals surface area contributed by atoms with Crippen LogP contribution in [0, 0.1) is 0 Å². The molecule has 0 aliphatic heterocycles. The van der Waals surface area contributed by atoms with E-state index in [2.05, 4.69) is 31.1 Å². The lowest BCUT2D eigenvalue weighted by atomic mass is 9.94. The zero-order valence-electron chi connectivity index (χ0n) is 10.1. The Morgan fingerprint density at radius 3 is 2.36 bits per heavy atom. The molecule has 3 N–H and O–H groups in total. The Kier molecular flexibility index (Phi) is 6.27. The van der Waals surface area contributed by atoms with Crippen molar-refractivity contribution in [3.63, 3.8) is 0 Å². The van der Waals surface area contributed by atoms with E-state index in [4.69, 9.17) is 10.6 Å². The first-order valence-corrected chi connectivity index (χ1v) is 5.18. The molecule has 0 saturated carbocycles. The summed E-state index contributed by atoms with van der Waals surface area (Å²) in [5, 5.41) is 0. The number of nitrogens with zero attached hydrogens (tertiary/aromatic N) is 1. The van der Waals surface area contributed by atoms with Crippen LogP contribution in [0.5, 0.6) is 0 Å². The van der Waals surface area contributed by atoms with Crippen molar-refractivity contribution >= 4 is 0 Å². The normalized spacial score (nSPS) is 14.8. The van der Waals surface area contributed by atoms with Crippen molar-refractivity contribution in [3.8, 4) is 0 Å². The van der Waals surface area contributed by atoms with Crippen LogP contribution in [0.15, 0.2) is 0 Å². The summed E-state index contributed by atoms with van der Waals surface area (Å²) in [7, 11) is 4.09. The molecule has 0 aliphatic carbocycles. The van der Waals surface area contributed by atoms with Gasteiger partial charge in [0, 0.05) is 12.1 Å². The lowest BCUT2D eigenvalue weighted by molar-refractivity contribution is 0.0484.